The summed E-state index contributed by atoms with van der Waals surface area (Å²) in [7, 11) is 0. The van der Waals surface area contributed by atoms with Crippen molar-refractivity contribution < 1.29 is 35.9 Å². The number of fused-ring (bicyclic) bond motifs is 1. The maximum absolute atomic E-state index is 12.3. The summed E-state index contributed by atoms with van der Waals surface area (Å²) < 4.78 is -0.618. The number of nitrogens with zero attached hydrogens (tertiary/aromatic N) is 1. The average molecular weight is 403 g/mol. The van der Waals surface area contributed by atoms with E-state index in [1.165, 1.54) is 16.7 Å². The lowest BCUT2D eigenvalue weighted by Crippen LogP contribution is -2.71. The van der Waals surface area contributed by atoms with Gasteiger partial charge in [-0.15, -0.1) is 11.8 Å². The number of carboxylic acids is 1. The molecule has 10 N–H and O–H groups in total. The third kappa shape index (κ3) is 4.06. The summed E-state index contributed by atoms with van der Waals surface area (Å²) in [5, 5.41) is 11.7. The molecule has 0 bridgehead atoms. The highest BCUT2D eigenvalue weighted by Crippen LogP contribution is 2.50. The second-order valence-electron chi connectivity index (χ2n) is 6.47. The van der Waals surface area contributed by atoms with Gasteiger partial charge in [0.1, 0.15) is 23.5 Å². The first kappa shape index (κ1) is 24.8. The molecule has 2 fully saturated rings. The molecule has 0 radical (unpaired) electrons. The molecule has 4 atom stereocenters. The number of hydrogen-bond acceptors (Lipinski definition) is 5. The van der Waals surface area contributed by atoms with Crippen molar-refractivity contribution in [2.45, 2.75) is 42.1 Å². The number of amides is 2. The van der Waals surface area contributed by atoms with Crippen LogP contribution in [-0.2, 0) is 14.4 Å². The summed E-state index contributed by atoms with van der Waals surface area (Å²) in [6, 6.07) is 6.38. The summed E-state index contributed by atoms with van der Waals surface area (Å²) in [6.45, 7) is 3.58. The largest absolute Gasteiger partial charge is 0.480 e. The highest BCUT2D eigenvalue weighted by atomic mass is 32.2. The number of benzene rings is 1. The minimum atomic E-state index is -1.03. The fraction of sp³-hybridized carbons (Fsp3) is 0.438. The monoisotopic (exact) mass is 403 g/mol. The van der Waals surface area contributed by atoms with Gasteiger partial charge in [-0.2, -0.15) is 0 Å². The fourth-order valence-electron chi connectivity index (χ4n) is 3.20. The molecule has 2 aliphatic rings. The van der Waals surface area contributed by atoms with Crippen molar-refractivity contribution in [2.24, 2.45) is 5.73 Å². The number of nitrogens with two attached hydrogens (primary N) is 1. The van der Waals surface area contributed by atoms with Gasteiger partial charge in [-0.1, -0.05) is 30.3 Å². The van der Waals surface area contributed by atoms with Crippen LogP contribution in [0.25, 0.3) is 0 Å². The Morgan fingerprint density at radius 2 is 1.78 bits per heavy atom. The van der Waals surface area contributed by atoms with E-state index in [0.717, 1.165) is 0 Å². The highest BCUT2D eigenvalue weighted by molar-refractivity contribution is 8.01. The molecule has 2 amide bonds. The minimum absolute atomic E-state index is 0. The van der Waals surface area contributed by atoms with Crippen molar-refractivity contribution >= 4 is 29.5 Å². The van der Waals surface area contributed by atoms with Crippen LogP contribution in [0.15, 0.2) is 30.3 Å². The Hall–Kier alpha value is -2.18. The van der Waals surface area contributed by atoms with Gasteiger partial charge in [-0.25, -0.2) is 4.79 Å². The second kappa shape index (κ2) is 8.67. The number of carbonyl (C=O) groups is 3. The molecule has 152 valence electrons. The van der Waals surface area contributed by atoms with Gasteiger partial charge in [-0.3, -0.25) is 9.59 Å². The Kier molecular flexibility index (Phi) is 7.97. The average Bonchev–Trinajstić information content (AvgIpc) is 2.80. The van der Waals surface area contributed by atoms with Crippen LogP contribution in [0.1, 0.15) is 25.5 Å². The van der Waals surface area contributed by atoms with Crippen molar-refractivity contribution in [3.8, 4) is 0 Å². The van der Waals surface area contributed by atoms with E-state index in [9.17, 15) is 19.5 Å². The number of β-lactam (4-membered cyclic amide) rings is 1. The highest BCUT2D eigenvalue weighted by Gasteiger charge is 2.64. The van der Waals surface area contributed by atoms with Crippen LogP contribution >= 0.6 is 11.8 Å². The number of carbonyl (C=O) groups excluding carboxylic acids is 2. The molecule has 0 saturated carbocycles. The molecule has 27 heavy (non-hydrogen) atoms. The van der Waals surface area contributed by atoms with E-state index in [0.29, 0.717) is 5.56 Å². The number of rotatable bonds is 4. The molecule has 2 heterocycles. The fourth-order valence-corrected chi connectivity index (χ4v) is 4.83. The van der Waals surface area contributed by atoms with Gasteiger partial charge in [0.15, 0.2) is 0 Å². The molecule has 1 aromatic rings. The summed E-state index contributed by atoms with van der Waals surface area (Å²) in [4.78, 5) is 37.5. The van der Waals surface area contributed by atoms with Crippen LogP contribution in [0.5, 0.6) is 0 Å². The third-order valence-electron chi connectivity index (χ3n) is 4.41. The predicted molar refractivity (Wildman–Crippen MR) is 99.9 cm³/mol. The molecule has 4 unspecified atom stereocenters. The molecule has 1 aromatic carbocycles. The first-order chi connectivity index (χ1) is 11.2. The predicted octanol–water partition coefficient (Wildman–Crippen LogP) is -2.16. The Labute approximate surface area is 160 Å². The minimum Gasteiger partial charge on any atom is -0.480 e. The van der Waals surface area contributed by atoms with E-state index in [-0.39, 0.29) is 27.7 Å². The number of carboxylic acid groups (broad SMARTS) is 1. The van der Waals surface area contributed by atoms with Gasteiger partial charge < -0.3 is 37.5 Å². The van der Waals surface area contributed by atoms with Crippen molar-refractivity contribution in [2.75, 3.05) is 0 Å². The van der Waals surface area contributed by atoms with E-state index in [2.05, 4.69) is 5.32 Å². The number of nitrogens with one attached hydrogen (secondary N) is 1. The van der Waals surface area contributed by atoms with Crippen molar-refractivity contribution in [3.05, 3.63) is 35.9 Å². The Morgan fingerprint density at radius 1 is 1.22 bits per heavy atom. The Balaban J connectivity index is 0.00000225. The Morgan fingerprint density at radius 3 is 2.30 bits per heavy atom. The SMILES string of the molecule is CC1(C)SC2C(NC(=O)C(N)c3ccccc3)C(=O)N2C1C(=O)O.O.O.O. The molecule has 2 aliphatic heterocycles. The zero-order valence-corrected chi connectivity index (χ0v) is 15.6. The van der Waals surface area contributed by atoms with Crippen molar-refractivity contribution in [3.63, 3.8) is 0 Å². The molecule has 0 aliphatic carbocycles. The van der Waals surface area contributed by atoms with Crippen LogP contribution in [0, 0.1) is 0 Å². The lowest BCUT2D eigenvalue weighted by atomic mass is 9.95. The number of aliphatic carboxylic acids is 1. The van der Waals surface area contributed by atoms with E-state index in [1.807, 2.05) is 6.07 Å². The topological polar surface area (TPSA) is 207 Å². The zero-order valence-electron chi connectivity index (χ0n) is 14.8. The number of thioether (sulfide) groups is 1. The summed E-state index contributed by atoms with van der Waals surface area (Å²) in [6.07, 6.45) is 0. The smallest absolute Gasteiger partial charge is 0.327 e. The maximum atomic E-state index is 12.3. The van der Waals surface area contributed by atoms with Crippen LogP contribution in [0.4, 0.5) is 0 Å². The first-order valence-electron chi connectivity index (χ1n) is 7.58. The van der Waals surface area contributed by atoms with Crippen LogP contribution in [0.2, 0.25) is 0 Å². The molecule has 11 heteroatoms. The van der Waals surface area contributed by atoms with Crippen LogP contribution in [0.3, 0.4) is 0 Å². The number of hydrogen-bond donors (Lipinski definition) is 3. The first-order valence-corrected chi connectivity index (χ1v) is 8.45. The lowest BCUT2D eigenvalue weighted by Gasteiger charge is -2.43. The van der Waals surface area contributed by atoms with E-state index in [1.54, 1.807) is 38.1 Å². The van der Waals surface area contributed by atoms with E-state index >= 15 is 0 Å². The zero-order chi connectivity index (χ0) is 17.6. The molecule has 2 saturated heterocycles. The molecule has 10 nitrogen and oxygen atoms in total. The molecule has 0 spiro atoms. The molecular weight excluding hydrogens is 378 g/mol. The van der Waals surface area contributed by atoms with Gasteiger partial charge in [-0.05, 0) is 19.4 Å². The molecular formula is C16H25N3O7S. The lowest BCUT2D eigenvalue weighted by molar-refractivity contribution is -0.161. The van der Waals surface area contributed by atoms with Gasteiger partial charge in [0, 0.05) is 4.75 Å². The summed E-state index contributed by atoms with van der Waals surface area (Å²) in [5.74, 6) is -1.86. The van der Waals surface area contributed by atoms with Crippen LogP contribution < -0.4 is 11.1 Å². The van der Waals surface area contributed by atoms with Crippen molar-refractivity contribution in [1.82, 2.24) is 10.2 Å². The summed E-state index contributed by atoms with van der Waals surface area (Å²) >= 11 is 1.38. The standard InChI is InChI=1S/C16H19N3O4S.3H2O/c1-16(2)11(15(22)23)19-13(21)10(14(19)24-16)18-12(20)9(17)8-6-4-3-5-7-8;;;/h3-7,9-11,14H,17H2,1-2H3,(H,18,20)(H,22,23);3*1H2. The normalized spacial score (nSPS) is 25.5. The molecule has 0 aromatic heterocycles. The van der Waals surface area contributed by atoms with E-state index in [4.69, 9.17) is 5.73 Å². The quantitative estimate of drug-likeness (QED) is 0.477. The summed E-state index contributed by atoms with van der Waals surface area (Å²) in [5.41, 5.74) is 6.59. The third-order valence-corrected chi connectivity index (χ3v) is 5.99. The van der Waals surface area contributed by atoms with Crippen molar-refractivity contribution in [1.29, 1.82) is 0 Å². The van der Waals surface area contributed by atoms with E-state index < -0.39 is 34.7 Å². The maximum Gasteiger partial charge on any atom is 0.327 e. The van der Waals surface area contributed by atoms with Crippen LogP contribution in [-0.4, -0.2) is 66.4 Å². The Bertz CT molecular complexity index is 701. The van der Waals surface area contributed by atoms with Gasteiger partial charge >= 0.3 is 5.97 Å². The molecule has 3 rings (SSSR count). The van der Waals surface area contributed by atoms with Gasteiger partial charge in [0.25, 0.3) is 0 Å². The van der Waals surface area contributed by atoms with Gasteiger partial charge in [0.2, 0.25) is 11.8 Å². The second-order valence-corrected chi connectivity index (χ2v) is 8.24. The van der Waals surface area contributed by atoms with Gasteiger partial charge in [0.05, 0.1) is 0 Å².